The molecule has 3 rings (SSSR count). The normalized spacial score (nSPS) is 11.0. The van der Waals surface area contributed by atoms with Crippen LogP contribution in [-0.4, -0.2) is 20.6 Å². The van der Waals surface area contributed by atoms with Crippen LogP contribution in [0.4, 0.5) is 0 Å². The van der Waals surface area contributed by atoms with Gasteiger partial charge in [0.05, 0.1) is 10.9 Å². The molecule has 0 saturated heterocycles. The van der Waals surface area contributed by atoms with Crippen molar-refractivity contribution in [2.75, 3.05) is 0 Å². The van der Waals surface area contributed by atoms with E-state index in [1.54, 1.807) is 12.1 Å². The third-order valence-electron chi connectivity index (χ3n) is 4.42. The molecule has 0 aliphatic carbocycles. The minimum atomic E-state index is -0.888. The zero-order valence-corrected chi connectivity index (χ0v) is 15.3. The van der Waals surface area contributed by atoms with Gasteiger partial charge < -0.3 is 10.1 Å². The first kappa shape index (κ1) is 18.9. The fourth-order valence-electron chi connectivity index (χ4n) is 3.02. The van der Waals surface area contributed by atoms with E-state index in [1.165, 1.54) is 0 Å². The number of hydrogen-bond acceptors (Lipinski definition) is 3. The number of aromatic nitrogens is 2. The number of aromatic amines is 1. The topological polar surface area (TPSA) is 92.2 Å². The second-order valence-corrected chi connectivity index (χ2v) is 6.79. The van der Waals surface area contributed by atoms with Crippen LogP contribution in [0.1, 0.15) is 30.4 Å². The number of carboxylic acid groups (broad SMARTS) is 1. The van der Waals surface area contributed by atoms with Gasteiger partial charge in [-0.05, 0) is 48.6 Å². The lowest BCUT2D eigenvalue weighted by Crippen LogP contribution is -2.35. The summed E-state index contributed by atoms with van der Waals surface area (Å²) in [5.41, 5.74) is 1.53. The van der Waals surface area contributed by atoms with Gasteiger partial charge in [-0.1, -0.05) is 35.9 Å². The summed E-state index contributed by atoms with van der Waals surface area (Å²) in [6.45, 7) is 0.193. The van der Waals surface area contributed by atoms with E-state index in [9.17, 15) is 14.4 Å². The number of benzene rings is 2. The molecule has 0 fully saturated rings. The van der Waals surface area contributed by atoms with Gasteiger partial charge in [-0.3, -0.25) is 14.2 Å². The number of fused-ring (bicyclic) bond motifs is 1. The van der Waals surface area contributed by atoms with Crippen molar-refractivity contribution < 1.29 is 9.90 Å². The summed E-state index contributed by atoms with van der Waals surface area (Å²) in [6.07, 6.45) is 1.48. The molecule has 7 heteroatoms. The molecule has 2 N–H and O–H groups in total. The maximum absolute atomic E-state index is 12.6. The number of carboxylic acids is 1. The Hall–Kier alpha value is -2.86. The van der Waals surface area contributed by atoms with Gasteiger partial charge in [-0.25, -0.2) is 4.79 Å². The number of carbonyl (C=O) groups is 1. The maximum atomic E-state index is 12.6. The zero-order valence-electron chi connectivity index (χ0n) is 14.6. The van der Waals surface area contributed by atoms with Crippen molar-refractivity contribution in [2.45, 2.75) is 32.2 Å². The average molecular weight is 387 g/mol. The molecule has 1 heterocycles. The van der Waals surface area contributed by atoms with Gasteiger partial charge in [0.15, 0.2) is 0 Å². The van der Waals surface area contributed by atoms with Crippen molar-refractivity contribution in [3.05, 3.63) is 79.5 Å². The van der Waals surface area contributed by atoms with Gasteiger partial charge in [-0.15, -0.1) is 0 Å². The highest BCUT2D eigenvalue weighted by Crippen LogP contribution is 2.20. The highest BCUT2D eigenvalue weighted by Gasteiger charge is 2.09. The fourth-order valence-corrected chi connectivity index (χ4v) is 3.23. The third kappa shape index (κ3) is 4.46. The number of unbranched alkanes of at least 4 members (excludes halogenated alkanes) is 1. The molecular formula is C20H19ClN2O4. The van der Waals surface area contributed by atoms with E-state index in [0.29, 0.717) is 35.2 Å². The van der Waals surface area contributed by atoms with Gasteiger partial charge >= 0.3 is 11.7 Å². The summed E-state index contributed by atoms with van der Waals surface area (Å²) < 4.78 is 1.12. The van der Waals surface area contributed by atoms with Crippen LogP contribution in [0.15, 0.2) is 52.1 Å². The molecule has 0 radical (unpaired) electrons. The van der Waals surface area contributed by atoms with E-state index in [0.717, 1.165) is 15.7 Å². The number of halogens is 1. The third-order valence-corrected chi connectivity index (χ3v) is 4.79. The second-order valence-electron chi connectivity index (χ2n) is 6.39. The molecule has 2 aromatic carbocycles. The standard InChI is InChI=1S/C20H19ClN2O4/c21-16-6-2-1-5-14(16)11-13-8-9-15-17(12-13)22-20(27)23(19(15)26)10-4-3-7-18(24)25/h1-2,5-6,8-9,12H,3-4,7,10-11H2,(H,22,27)(H,24,25). The molecule has 3 aromatic rings. The van der Waals surface area contributed by atoms with E-state index >= 15 is 0 Å². The first-order valence-electron chi connectivity index (χ1n) is 8.66. The van der Waals surface area contributed by atoms with Crippen molar-refractivity contribution in [2.24, 2.45) is 0 Å². The van der Waals surface area contributed by atoms with Crippen molar-refractivity contribution in [1.29, 1.82) is 0 Å². The van der Waals surface area contributed by atoms with Gasteiger partial charge in [0.2, 0.25) is 0 Å². The van der Waals surface area contributed by atoms with E-state index < -0.39 is 11.7 Å². The maximum Gasteiger partial charge on any atom is 0.328 e. The summed E-state index contributed by atoms with van der Waals surface area (Å²) in [5, 5.41) is 9.76. The fraction of sp³-hybridized carbons (Fsp3) is 0.250. The Bertz CT molecular complexity index is 1100. The smallest absolute Gasteiger partial charge is 0.328 e. The van der Waals surface area contributed by atoms with Crippen LogP contribution in [0, 0.1) is 0 Å². The summed E-state index contributed by atoms with van der Waals surface area (Å²) in [7, 11) is 0. The molecular weight excluding hydrogens is 368 g/mol. The summed E-state index contributed by atoms with van der Waals surface area (Å²) in [5.74, 6) is -0.888. The number of hydrogen-bond donors (Lipinski definition) is 2. The highest BCUT2D eigenvalue weighted by molar-refractivity contribution is 6.31. The molecule has 0 bridgehead atoms. The Labute approximate surface area is 160 Å². The summed E-state index contributed by atoms with van der Waals surface area (Å²) in [4.78, 5) is 38.2. The van der Waals surface area contributed by atoms with Gasteiger partial charge in [0, 0.05) is 18.0 Å². The Balaban J connectivity index is 1.87. The molecule has 0 aliphatic rings. The van der Waals surface area contributed by atoms with Crippen LogP contribution in [0.2, 0.25) is 5.02 Å². The van der Waals surface area contributed by atoms with E-state index in [2.05, 4.69) is 4.98 Å². The first-order valence-corrected chi connectivity index (χ1v) is 9.04. The molecule has 0 aliphatic heterocycles. The Kier molecular flexibility index (Phi) is 5.76. The molecule has 6 nitrogen and oxygen atoms in total. The Morgan fingerprint density at radius 1 is 1.11 bits per heavy atom. The molecule has 1 aromatic heterocycles. The molecule has 0 saturated carbocycles. The van der Waals surface area contributed by atoms with Gasteiger partial charge in [-0.2, -0.15) is 0 Å². The minimum Gasteiger partial charge on any atom is -0.481 e. The molecule has 0 spiro atoms. The SMILES string of the molecule is O=C(O)CCCCn1c(=O)[nH]c2cc(Cc3ccccc3Cl)ccc2c1=O. The van der Waals surface area contributed by atoms with Gasteiger partial charge in [0.1, 0.15) is 0 Å². The van der Waals surface area contributed by atoms with Crippen LogP contribution < -0.4 is 11.2 Å². The van der Waals surface area contributed by atoms with Crippen molar-refractivity contribution in [3.63, 3.8) is 0 Å². The number of aliphatic carboxylic acids is 1. The molecule has 0 unspecified atom stereocenters. The van der Waals surface area contributed by atoms with Crippen molar-refractivity contribution in [3.8, 4) is 0 Å². The van der Waals surface area contributed by atoms with Gasteiger partial charge in [0.25, 0.3) is 5.56 Å². The minimum absolute atomic E-state index is 0.0195. The zero-order chi connectivity index (χ0) is 19.4. The molecule has 27 heavy (non-hydrogen) atoms. The summed E-state index contributed by atoms with van der Waals surface area (Å²) in [6, 6.07) is 12.9. The van der Waals surface area contributed by atoms with E-state index in [4.69, 9.17) is 16.7 Å². The molecule has 0 atom stereocenters. The van der Waals surface area contributed by atoms with Crippen molar-refractivity contribution in [1.82, 2.24) is 9.55 Å². The van der Waals surface area contributed by atoms with Crippen LogP contribution in [0.25, 0.3) is 10.9 Å². The second kappa shape index (κ2) is 8.22. The monoisotopic (exact) mass is 386 g/mol. The van der Waals surface area contributed by atoms with Crippen LogP contribution in [-0.2, 0) is 17.8 Å². The number of rotatable bonds is 7. The van der Waals surface area contributed by atoms with Crippen LogP contribution in [0.5, 0.6) is 0 Å². The lowest BCUT2D eigenvalue weighted by Gasteiger charge is -2.08. The average Bonchev–Trinajstić information content (AvgIpc) is 2.62. The van der Waals surface area contributed by atoms with E-state index in [-0.39, 0.29) is 18.5 Å². The van der Waals surface area contributed by atoms with E-state index in [1.807, 2.05) is 30.3 Å². The number of nitrogens with zero attached hydrogens (tertiary/aromatic N) is 1. The van der Waals surface area contributed by atoms with Crippen LogP contribution >= 0.6 is 11.6 Å². The summed E-state index contributed by atoms with van der Waals surface area (Å²) >= 11 is 6.20. The lowest BCUT2D eigenvalue weighted by molar-refractivity contribution is -0.137. The molecule has 140 valence electrons. The predicted octanol–water partition coefficient (Wildman–Crippen LogP) is 3.19. The predicted molar refractivity (Wildman–Crippen MR) is 105 cm³/mol. The number of nitrogens with one attached hydrogen (secondary N) is 1. The lowest BCUT2D eigenvalue weighted by atomic mass is 10.0. The first-order chi connectivity index (χ1) is 13.0. The highest BCUT2D eigenvalue weighted by atomic mass is 35.5. The largest absolute Gasteiger partial charge is 0.481 e. The molecule has 0 amide bonds. The van der Waals surface area contributed by atoms with Crippen molar-refractivity contribution >= 4 is 28.5 Å². The Morgan fingerprint density at radius 3 is 2.63 bits per heavy atom. The van der Waals surface area contributed by atoms with Crippen LogP contribution in [0.3, 0.4) is 0 Å². The number of H-pyrrole nitrogens is 1. The Morgan fingerprint density at radius 2 is 1.89 bits per heavy atom. The quantitative estimate of drug-likeness (QED) is 0.610.